The number of hydrogen-bond donors (Lipinski definition) is 1. The first-order chi connectivity index (χ1) is 11.0. The van der Waals surface area contributed by atoms with Gasteiger partial charge in [0.2, 0.25) is 5.91 Å². The van der Waals surface area contributed by atoms with E-state index >= 15 is 0 Å². The van der Waals surface area contributed by atoms with Gasteiger partial charge in [-0.05, 0) is 37.1 Å². The Morgan fingerprint density at radius 2 is 1.83 bits per heavy atom. The molecule has 1 fully saturated rings. The zero-order valence-corrected chi connectivity index (χ0v) is 13.1. The number of nitriles is 1. The van der Waals surface area contributed by atoms with Gasteiger partial charge < -0.3 is 5.32 Å². The van der Waals surface area contributed by atoms with E-state index in [1.54, 1.807) is 6.07 Å². The Labute approximate surface area is 137 Å². The monoisotopic (exact) mass is 338 g/mol. The summed E-state index contributed by atoms with van der Waals surface area (Å²) in [7, 11) is 0. The number of alkyl halides is 2. The largest absolute Gasteiger partial charge is 0.325 e. The summed E-state index contributed by atoms with van der Waals surface area (Å²) in [6, 6.07) is 7.61. The molecule has 0 aliphatic heterocycles. The maximum atomic E-state index is 12.2. The van der Waals surface area contributed by atoms with E-state index in [0.29, 0.717) is 22.3 Å². The minimum Gasteiger partial charge on any atom is -0.325 e. The summed E-state index contributed by atoms with van der Waals surface area (Å²) < 4.78 is 24.5. The lowest BCUT2D eigenvalue weighted by Crippen LogP contribution is -2.32. The average Bonchev–Trinajstić information content (AvgIpc) is 3.03. The van der Waals surface area contributed by atoms with Crippen LogP contribution in [0, 0.1) is 23.2 Å². The van der Waals surface area contributed by atoms with Gasteiger partial charge in [-0.25, -0.2) is 0 Å². The van der Waals surface area contributed by atoms with Crippen molar-refractivity contribution >= 4 is 29.1 Å². The molecule has 1 atom stereocenters. The number of anilines is 1. The van der Waals surface area contributed by atoms with Crippen molar-refractivity contribution in [1.29, 1.82) is 5.26 Å². The third-order valence-electron chi connectivity index (χ3n) is 3.78. The van der Waals surface area contributed by atoms with Crippen molar-refractivity contribution in [3.63, 3.8) is 0 Å². The molecule has 0 radical (unpaired) electrons. The van der Waals surface area contributed by atoms with Gasteiger partial charge in [0.25, 0.3) is 5.76 Å². The van der Waals surface area contributed by atoms with Crippen molar-refractivity contribution in [2.24, 2.45) is 11.8 Å². The summed E-state index contributed by atoms with van der Waals surface area (Å²) in [5.41, 5.74) is 0.369. The fourth-order valence-electron chi connectivity index (χ4n) is 2.63. The second-order valence-corrected chi connectivity index (χ2v) is 6.40. The van der Waals surface area contributed by atoms with Crippen LogP contribution in [0.4, 0.5) is 14.5 Å². The van der Waals surface area contributed by atoms with Crippen LogP contribution in [0.3, 0.4) is 0 Å². The fraction of sp³-hybridized carbons (Fsp3) is 0.438. The number of carbonyl (C=O) groups excluding carboxylic acids is 2. The number of hydrogen-bond acceptors (Lipinski definition) is 4. The Hall–Kier alpha value is -1.94. The van der Waals surface area contributed by atoms with Crippen molar-refractivity contribution in [2.45, 2.75) is 36.3 Å². The average molecular weight is 338 g/mol. The minimum absolute atomic E-state index is 0.213. The molecule has 0 saturated heterocycles. The SMILES string of the molecule is N#CC(C(=O)Nc1ccc(SC(F)F)cc1)C(=O)C1CCCC1. The summed E-state index contributed by atoms with van der Waals surface area (Å²) in [4.78, 5) is 24.7. The molecular weight excluding hydrogens is 322 g/mol. The molecule has 1 N–H and O–H groups in total. The molecule has 0 aromatic heterocycles. The molecule has 0 bridgehead atoms. The summed E-state index contributed by atoms with van der Waals surface area (Å²) in [5.74, 6) is -5.04. The molecule has 1 aliphatic rings. The molecule has 1 unspecified atom stereocenters. The van der Waals surface area contributed by atoms with Gasteiger partial charge >= 0.3 is 0 Å². The molecule has 23 heavy (non-hydrogen) atoms. The van der Waals surface area contributed by atoms with Gasteiger partial charge in [-0.1, -0.05) is 24.6 Å². The van der Waals surface area contributed by atoms with E-state index in [2.05, 4.69) is 5.32 Å². The number of nitrogens with one attached hydrogen (secondary N) is 1. The Balaban J connectivity index is 1.99. The van der Waals surface area contributed by atoms with Crippen LogP contribution < -0.4 is 5.32 Å². The first-order valence-electron chi connectivity index (χ1n) is 7.30. The van der Waals surface area contributed by atoms with Gasteiger partial charge in [0.15, 0.2) is 11.7 Å². The number of nitrogens with zero attached hydrogens (tertiary/aromatic N) is 1. The number of Topliss-reactive ketones (excluding diaryl/α,β-unsaturated/α-hetero) is 1. The molecule has 1 amide bonds. The normalized spacial score (nSPS) is 16.1. The lowest BCUT2D eigenvalue weighted by atomic mass is 9.92. The quantitative estimate of drug-likeness (QED) is 0.632. The third-order valence-corrected chi connectivity index (χ3v) is 4.50. The Bertz CT molecular complexity index is 608. The summed E-state index contributed by atoms with van der Waals surface area (Å²) in [6.45, 7) is 0. The highest BCUT2D eigenvalue weighted by Gasteiger charge is 2.33. The highest BCUT2D eigenvalue weighted by molar-refractivity contribution is 7.99. The Morgan fingerprint density at radius 1 is 1.22 bits per heavy atom. The molecule has 1 aromatic carbocycles. The fourth-order valence-corrected chi connectivity index (χ4v) is 3.13. The van der Waals surface area contributed by atoms with E-state index in [1.165, 1.54) is 24.3 Å². The van der Waals surface area contributed by atoms with Crippen LogP contribution in [-0.2, 0) is 9.59 Å². The van der Waals surface area contributed by atoms with Crippen LogP contribution in [0.1, 0.15) is 25.7 Å². The smallest absolute Gasteiger partial charge is 0.288 e. The van der Waals surface area contributed by atoms with Crippen LogP contribution >= 0.6 is 11.8 Å². The van der Waals surface area contributed by atoms with Crippen molar-refractivity contribution in [2.75, 3.05) is 5.32 Å². The van der Waals surface area contributed by atoms with Crippen molar-refractivity contribution < 1.29 is 18.4 Å². The molecule has 122 valence electrons. The van der Waals surface area contributed by atoms with Crippen LogP contribution in [0.25, 0.3) is 0 Å². The van der Waals surface area contributed by atoms with Crippen molar-refractivity contribution in [1.82, 2.24) is 0 Å². The van der Waals surface area contributed by atoms with Gasteiger partial charge in [0.05, 0.1) is 6.07 Å². The van der Waals surface area contributed by atoms with Crippen LogP contribution in [0.2, 0.25) is 0 Å². The Kier molecular flexibility index (Phi) is 6.11. The number of rotatable bonds is 6. The summed E-state index contributed by atoms with van der Waals surface area (Å²) in [5, 5.41) is 11.6. The molecule has 0 spiro atoms. The van der Waals surface area contributed by atoms with Gasteiger partial charge in [0, 0.05) is 16.5 Å². The number of carbonyl (C=O) groups is 2. The zero-order chi connectivity index (χ0) is 16.8. The van der Waals surface area contributed by atoms with Crippen LogP contribution in [-0.4, -0.2) is 17.4 Å². The molecule has 7 heteroatoms. The molecule has 1 aromatic rings. The molecule has 4 nitrogen and oxygen atoms in total. The van der Waals surface area contributed by atoms with E-state index in [-0.39, 0.29) is 11.7 Å². The molecule has 1 saturated carbocycles. The summed E-state index contributed by atoms with van der Waals surface area (Å²) >= 11 is 0.406. The number of halogens is 2. The number of thioether (sulfide) groups is 1. The number of ketones is 1. The van der Waals surface area contributed by atoms with E-state index in [1.807, 2.05) is 0 Å². The van der Waals surface area contributed by atoms with Gasteiger partial charge in [-0.15, -0.1) is 0 Å². The predicted molar refractivity (Wildman–Crippen MR) is 83.0 cm³/mol. The zero-order valence-electron chi connectivity index (χ0n) is 12.3. The van der Waals surface area contributed by atoms with Crippen molar-refractivity contribution in [3.05, 3.63) is 24.3 Å². The number of amides is 1. The van der Waals surface area contributed by atoms with Gasteiger partial charge in [0.1, 0.15) is 0 Å². The van der Waals surface area contributed by atoms with Gasteiger partial charge in [-0.3, -0.25) is 9.59 Å². The van der Waals surface area contributed by atoms with Gasteiger partial charge in [-0.2, -0.15) is 14.0 Å². The van der Waals surface area contributed by atoms with E-state index in [4.69, 9.17) is 5.26 Å². The van der Waals surface area contributed by atoms with E-state index in [0.717, 1.165) is 25.7 Å². The highest BCUT2D eigenvalue weighted by atomic mass is 32.2. The molecule has 0 heterocycles. The lowest BCUT2D eigenvalue weighted by Gasteiger charge is -2.13. The molecule has 2 rings (SSSR count). The predicted octanol–water partition coefficient (Wildman–Crippen LogP) is 3.84. The summed E-state index contributed by atoms with van der Waals surface area (Å²) in [6.07, 6.45) is 3.34. The second kappa shape index (κ2) is 8.06. The minimum atomic E-state index is -2.51. The lowest BCUT2D eigenvalue weighted by molar-refractivity contribution is -0.131. The first-order valence-corrected chi connectivity index (χ1v) is 8.18. The maximum Gasteiger partial charge on any atom is 0.288 e. The topological polar surface area (TPSA) is 70.0 Å². The highest BCUT2D eigenvalue weighted by Crippen LogP contribution is 2.29. The van der Waals surface area contributed by atoms with Crippen molar-refractivity contribution in [3.8, 4) is 6.07 Å². The molecular formula is C16H16F2N2O2S. The van der Waals surface area contributed by atoms with Crippen LogP contribution in [0.5, 0.6) is 0 Å². The Morgan fingerprint density at radius 3 is 2.35 bits per heavy atom. The van der Waals surface area contributed by atoms with E-state index in [9.17, 15) is 18.4 Å². The van der Waals surface area contributed by atoms with Crippen LogP contribution in [0.15, 0.2) is 29.2 Å². The third kappa shape index (κ3) is 4.76. The maximum absolute atomic E-state index is 12.2. The second-order valence-electron chi connectivity index (χ2n) is 5.34. The van der Waals surface area contributed by atoms with E-state index < -0.39 is 17.6 Å². The number of benzene rings is 1. The standard InChI is InChI=1S/C16H16F2N2O2S/c17-16(18)23-12-7-5-11(6-8-12)20-15(22)13(9-19)14(21)10-3-1-2-4-10/h5-8,10,13,16H,1-4H2,(H,20,22). The first kappa shape index (κ1) is 17.4. The molecule has 1 aliphatic carbocycles.